The third-order valence-electron chi connectivity index (χ3n) is 3.47. The zero-order chi connectivity index (χ0) is 21.5. The topological polar surface area (TPSA) is 127 Å². The van der Waals surface area contributed by atoms with Crippen molar-refractivity contribution in [1.82, 2.24) is 4.72 Å². The first-order valence-electron chi connectivity index (χ1n) is 7.81. The number of carbonyl (C=O) groups is 2. The minimum Gasteiger partial charge on any atom is -0.475 e. The summed E-state index contributed by atoms with van der Waals surface area (Å²) >= 11 is 0. The maximum atomic E-state index is 13.4. The van der Waals surface area contributed by atoms with Crippen molar-refractivity contribution in [2.45, 2.75) is 30.8 Å². The number of amides is 1. The van der Waals surface area contributed by atoms with Gasteiger partial charge in [0.2, 0.25) is 15.9 Å². The molecule has 0 heterocycles. The largest absolute Gasteiger partial charge is 0.490 e. The average molecular weight is 426 g/mol. The van der Waals surface area contributed by atoms with Gasteiger partial charge in [-0.25, -0.2) is 17.6 Å². The number of aliphatic carboxylic acids is 1. The summed E-state index contributed by atoms with van der Waals surface area (Å²) in [4.78, 5) is 20.6. The molecule has 0 spiro atoms. The standard InChI is InChI=1S/C14H17FN2O3S.C2HF3O2/c15-13-4-2-1-3-11(13)9-21(19,20)17-14(18)8-10-5-6-12(16)7-10;3-2(4,5)1(6)7/h1-6,10,12H,7-9,16H2,(H,17,18);(H,6,7)/t10-,12+;/m0./s1. The molecule has 0 fully saturated rings. The first kappa shape index (κ1) is 23.6. The van der Waals surface area contributed by atoms with Crippen molar-refractivity contribution >= 4 is 21.9 Å². The lowest BCUT2D eigenvalue weighted by Crippen LogP contribution is -2.33. The van der Waals surface area contributed by atoms with Gasteiger partial charge in [-0.15, -0.1) is 0 Å². The van der Waals surface area contributed by atoms with Crippen LogP contribution >= 0.6 is 0 Å². The predicted molar refractivity (Wildman–Crippen MR) is 90.7 cm³/mol. The Hall–Kier alpha value is -2.47. The van der Waals surface area contributed by atoms with Crippen molar-refractivity contribution < 1.29 is 40.7 Å². The van der Waals surface area contributed by atoms with Gasteiger partial charge in [0.25, 0.3) is 0 Å². The maximum absolute atomic E-state index is 13.4. The number of benzene rings is 1. The quantitative estimate of drug-likeness (QED) is 0.486. The molecule has 12 heteroatoms. The molecule has 2 atom stereocenters. The fourth-order valence-corrected chi connectivity index (χ4v) is 3.41. The van der Waals surface area contributed by atoms with Crippen LogP contribution in [0.2, 0.25) is 0 Å². The van der Waals surface area contributed by atoms with E-state index in [9.17, 15) is 30.8 Å². The number of allylic oxidation sites excluding steroid dienone is 1. The SMILES string of the molecule is N[C@@H]1C=C[C@H](CC(=O)NS(=O)(=O)Cc2ccccc2F)C1.O=C(O)C(F)(F)F. The first-order chi connectivity index (χ1) is 12.8. The third kappa shape index (κ3) is 8.48. The van der Waals surface area contributed by atoms with Crippen LogP contribution in [0.1, 0.15) is 18.4 Å². The molecule has 0 aliphatic heterocycles. The molecule has 0 aromatic heterocycles. The number of sulfonamides is 1. The summed E-state index contributed by atoms with van der Waals surface area (Å²) in [5.74, 6) is -4.59. The smallest absolute Gasteiger partial charge is 0.475 e. The van der Waals surface area contributed by atoms with E-state index in [1.165, 1.54) is 18.2 Å². The molecule has 0 saturated carbocycles. The van der Waals surface area contributed by atoms with E-state index in [0.717, 1.165) is 0 Å². The van der Waals surface area contributed by atoms with Gasteiger partial charge in [0, 0.05) is 18.0 Å². The molecule has 0 unspecified atom stereocenters. The van der Waals surface area contributed by atoms with Crippen LogP contribution < -0.4 is 10.5 Å². The van der Waals surface area contributed by atoms with Crippen molar-refractivity contribution in [2.24, 2.45) is 11.7 Å². The second-order valence-corrected chi connectivity index (χ2v) is 7.65. The molecule has 7 nitrogen and oxygen atoms in total. The normalized spacial score (nSPS) is 18.9. The summed E-state index contributed by atoms with van der Waals surface area (Å²) < 4.78 is 70.8. The summed E-state index contributed by atoms with van der Waals surface area (Å²) in [5, 5.41) is 7.12. The van der Waals surface area contributed by atoms with Crippen molar-refractivity contribution in [2.75, 3.05) is 0 Å². The van der Waals surface area contributed by atoms with Gasteiger partial charge in [0.1, 0.15) is 5.82 Å². The van der Waals surface area contributed by atoms with Crippen LogP contribution in [0, 0.1) is 11.7 Å². The molecular formula is C16H18F4N2O5S. The Morgan fingerprint density at radius 3 is 2.25 bits per heavy atom. The van der Waals surface area contributed by atoms with E-state index in [1.807, 2.05) is 10.8 Å². The van der Waals surface area contributed by atoms with Gasteiger partial charge in [-0.1, -0.05) is 30.4 Å². The molecule has 1 aromatic carbocycles. The zero-order valence-corrected chi connectivity index (χ0v) is 15.1. The lowest BCUT2D eigenvalue weighted by atomic mass is 10.0. The van der Waals surface area contributed by atoms with E-state index in [2.05, 4.69) is 0 Å². The van der Waals surface area contributed by atoms with Gasteiger partial charge in [-0.2, -0.15) is 13.2 Å². The molecule has 156 valence electrons. The maximum Gasteiger partial charge on any atom is 0.490 e. The Morgan fingerprint density at radius 1 is 1.21 bits per heavy atom. The Labute approximate surface area is 158 Å². The van der Waals surface area contributed by atoms with Crippen molar-refractivity contribution in [3.8, 4) is 0 Å². The summed E-state index contributed by atoms with van der Waals surface area (Å²) in [6.45, 7) is 0. The number of rotatable bonds is 5. The first-order valence-corrected chi connectivity index (χ1v) is 9.46. The van der Waals surface area contributed by atoms with E-state index >= 15 is 0 Å². The van der Waals surface area contributed by atoms with Gasteiger partial charge >= 0.3 is 12.1 Å². The van der Waals surface area contributed by atoms with Gasteiger partial charge in [0.15, 0.2) is 0 Å². The lowest BCUT2D eigenvalue weighted by Gasteiger charge is -2.10. The highest BCUT2D eigenvalue weighted by molar-refractivity contribution is 7.89. The molecule has 0 radical (unpaired) electrons. The molecule has 0 saturated heterocycles. The van der Waals surface area contributed by atoms with Crippen LogP contribution in [0.5, 0.6) is 0 Å². The molecule has 28 heavy (non-hydrogen) atoms. The highest BCUT2D eigenvalue weighted by atomic mass is 32.2. The Bertz CT molecular complexity index is 840. The van der Waals surface area contributed by atoms with Crippen molar-refractivity contribution in [3.05, 3.63) is 47.8 Å². The molecule has 1 amide bonds. The summed E-state index contributed by atoms with van der Waals surface area (Å²) in [6.07, 6.45) is -0.791. The summed E-state index contributed by atoms with van der Waals surface area (Å²) in [6, 6.07) is 5.48. The van der Waals surface area contributed by atoms with Crippen LogP contribution in [-0.4, -0.2) is 37.6 Å². The van der Waals surface area contributed by atoms with Crippen molar-refractivity contribution in [3.63, 3.8) is 0 Å². The molecule has 2 rings (SSSR count). The van der Waals surface area contributed by atoms with E-state index < -0.39 is 39.6 Å². The number of carboxylic acid groups (broad SMARTS) is 1. The number of alkyl halides is 3. The highest BCUT2D eigenvalue weighted by Crippen LogP contribution is 2.20. The average Bonchev–Trinajstić information content (AvgIpc) is 2.93. The van der Waals surface area contributed by atoms with Crippen LogP contribution in [0.4, 0.5) is 17.6 Å². The number of carbonyl (C=O) groups excluding carboxylic acids is 1. The van der Waals surface area contributed by atoms with E-state index in [-0.39, 0.29) is 23.9 Å². The molecule has 1 aliphatic rings. The van der Waals surface area contributed by atoms with Crippen LogP contribution in [-0.2, 0) is 25.4 Å². The predicted octanol–water partition coefficient (Wildman–Crippen LogP) is 1.70. The number of hydrogen-bond donors (Lipinski definition) is 3. The van der Waals surface area contributed by atoms with E-state index in [0.29, 0.717) is 6.42 Å². The number of carboxylic acids is 1. The third-order valence-corrected chi connectivity index (χ3v) is 4.70. The van der Waals surface area contributed by atoms with Crippen molar-refractivity contribution in [1.29, 1.82) is 0 Å². The molecule has 1 aromatic rings. The fraction of sp³-hybridized carbons (Fsp3) is 0.375. The summed E-state index contributed by atoms with van der Waals surface area (Å²) in [5.41, 5.74) is 5.70. The van der Waals surface area contributed by atoms with Crippen LogP contribution in [0.25, 0.3) is 0 Å². The molecule has 4 N–H and O–H groups in total. The van der Waals surface area contributed by atoms with Crippen LogP contribution in [0.15, 0.2) is 36.4 Å². The molecule has 0 bridgehead atoms. The monoisotopic (exact) mass is 426 g/mol. The molecular weight excluding hydrogens is 408 g/mol. The minimum atomic E-state index is -5.08. The second-order valence-electron chi connectivity index (χ2n) is 5.93. The number of nitrogens with two attached hydrogens (primary N) is 1. The number of halogens is 4. The molecule has 1 aliphatic carbocycles. The summed E-state index contributed by atoms with van der Waals surface area (Å²) in [7, 11) is -3.91. The van der Waals surface area contributed by atoms with E-state index in [1.54, 1.807) is 12.1 Å². The fourth-order valence-electron chi connectivity index (χ4n) is 2.27. The Kier molecular flexibility index (Phi) is 8.12. The van der Waals surface area contributed by atoms with Gasteiger partial charge in [0.05, 0.1) is 5.75 Å². The van der Waals surface area contributed by atoms with E-state index in [4.69, 9.17) is 15.6 Å². The van der Waals surface area contributed by atoms with Gasteiger partial charge < -0.3 is 10.8 Å². The highest BCUT2D eigenvalue weighted by Gasteiger charge is 2.38. The minimum absolute atomic E-state index is 0.0283. The lowest BCUT2D eigenvalue weighted by molar-refractivity contribution is -0.192. The Balaban J connectivity index is 0.000000480. The van der Waals surface area contributed by atoms with Gasteiger partial charge in [-0.3, -0.25) is 9.52 Å². The second kappa shape index (κ2) is 9.64. The zero-order valence-electron chi connectivity index (χ0n) is 14.3. The Morgan fingerprint density at radius 2 is 1.79 bits per heavy atom. The van der Waals surface area contributed by atoms with Crippen LogP contribution in [0.3, 0.4) is 0 Å². The number of nitrogens with one attached hydrogen (secondary N) is 1. The number of hydrogen-bond acceptors (Lipinski definition) is 5. The van der Waals surface area contributed by atoms with Gasteiger partial charge in [-0.05, 0) is 18.4 Å².